The molecule has 1 aliphatic heterocycles. The van der Waals surface area contributed by atoms with E-state index in [2.05, 4.69) is 4.72 Å². The van der Waals surface area contributed by atoms with Crippen LogP contribution in [0.5, 0.6) is 5.75 Å². The summed E-state index contributed by atoms with van der Waals surface area (Å²) in [5, 5.41) is 0.207. The maximum atomic E-state index is 12.8. The van der Waals surface area contributed by atoms with Crippen molar-refractivity contribution >= 4 is 21.6 Å². The lowest BCUT2D eigenvalue weighted by Gasteiger charge is -2.38. The predicted octanol–water partition coefficient (Wildman–Crippen LogP) is 3.38. The van der Waals surface area contributed by atoms with Crippen molar-refractivity contribution in [2.75, 3.05) is 26.9 Å². The number of methoxy groups -OCH3 is 1. The maximum Gasteiger partial charge on any atom is 0.242 e. The number of hydrogen-bond acceptors (Lipinski definition) is 4. The van der Waals surface area contributed by atoms with Gasteiger partial charge in [0.2, 0.25) is 10.0 Å². The molecule has 2 aromatic rings. The third kappa shape index (κ3) is 3.88. The van der Waals surface area contributed by atoms with Gasteiger partial charge < -0.3 is 9.47 Å². The van der Waals surface area contributed by atoms with E-state index >= 15 is 0 Å². The van der Waals surface area contributed by atoms with E-state index in [0.29, 0.717) is 26.1 Å². The molecule has 0 amide bonds. The Morgan fingerprint density at radius 2 is 1.77 bits per heavy atom. The van der Waals surface area contributed by atoms with E-state index in [9.17, 15) is 8.42 Å². The fourth-order valence-corrected chi connectivity index (χ4v) is 5.00. The van der Waals surface area contributed by atoms with E-state index in [0.717, 1.165) is 11.3 Å². The van der Waals surface area contributed by atoms with Crippen molar-refractivity contribution in [3.05, 3.63) is 59.1 Å². The average molecular weight is 396 g/mol. The molecule has 0 radical (unpaired) electrons. The molecule has 0 unspecified atom stereocenters. The van der Waals surface area contributed by atoms with Crippen molar-refractivity contribution in [3.63, 3.8) is 0 Å². The summed E-state index contributed by atoms with van der Waals surface area (Å²) in [7, 11) is -2.09. The predicted molar refractivity (Wildman–Crippen MR) is 101 cm³/mol. The van der Waals surface area contributed by atoms with Crippen LogP contribution in [0.15, 0.2) is 53.4 Å². The number of benzene rings is 2. The van der Waals surface area contributed by atoms with Gasteiger partial charge in [0.05, 0.1) is 12.1 Å². The van der Waals surface area contributed by atoms with E-state index in [1.54, 1.807) is 25.3 Å². The summed E-state index contributed by atoms with van der Waals surface area (Å²) < 4.78 is 39.3. The molecule has 0 spiro atoms. The zero-order chi connectivity index (χ0) is 18.6. The van der Waals surface area contributed by atoms with E-state index in [1.807, 2.05) is 24.3 Å². The lowest BCUT2D eigenvalue weighted by molar-refractivity contribution is 0.0509. The van der Waals surface area contributed by atoms with E-state index < -0.39 is 10.0 Å². The lowest BCUT2D eigenvalue weighted by atomic mass is 9.74. The van der Waals surface area contributed by atoms with Crippen LogP contribution in [0.25, 0.3) is 0 Å². The normalized spacial score (nSPS) is 17.0. The largest absolute Gasteiger partial charge is 0.496 e. The number of hydrogen-bond donors (Lipinski definition) is 1. The number of halogens is 1. The Kier molecular flexibility index (Phi) is 5.87. The molecule has 0 aromatic heterocycles. The summed E-state index contributed by atoms with van der Waals surface area (Å²) in [6.07, 6.45) is 1.41. The first-order valence-electron chi connectivity index (χ1n) is 8.44. The van der Waals surface area contributed by atoms with Crippen LogP contribution < -0.4 is 9.46 Å². The minimum atomic E-state index is -3.72. The minimum absolute atomic E-state index is 0.0869. The fourth-order valence-electron chi connectivity index (χ4n) is 3.36. The second-order valence-corrected chi connectivity index (χ2v) is 8.49. The van der Waals surface area contributed by atoms with Crippen LogP contribution in [0.3, 0.4) is 0 Å². The van der Waals surface area contributed by atoms with Crippen molar-refractivity contribution in [1.29, 1.82) is 0 Å². The van der Waals surface area contributed by atoms with Gasteiger partial charge in [-0.05, 0) is 31.0 Å². The van der Waals surface area contributed by atoms with Gasteiger partial charge in [-0.15, -0.1) is 0 Å². The van der Waals surface area contributed by atoms with Gasteiger partial charge in [-0.1, -0.05) is 41.9 Å². The Labute approximate surface area is 159 Å². The molecule has 7 heteroatoms. The Hall–Kier alpha value is -1.60. The Morgan fingerprint density at radius 1 is 1.12 bits per heavy atom. The first-order valence-corrected chi connectivity index (χ1v) is 10.3. The molecule has 0 saturated carbocycles. The van der Waals surface area contributed by atoms with Crippen molar-refractivity contribution in [2.45, 2.75) is 23.2 Å². The van der Waals surface area contributed by atoms with Crippen LogP contribution in [0.1, 0.15) is 18.4 Å². The molecule has 1 N–H and O–H groups in total. The summed E-state index contributed by atoms with van der Waals surface area (Å²) in [5.41, 5.74) is 0.603. The van der Waals surface area contributed by atoms with Crippen molar-refractivity contribution in [1.82, 2.24) is 4.72 Å². The van der Waals surface area contributed by atoms with E-state index in [-0.39, 0.29) is 21.9 Å². The molecule has 0 bridgehead atoms. The minimum Gasteiger partial charge on any atom is -0.496 e. The van der Waals surface area contributed by atoms with Crippen LogP contribution >= 0.6 is 11.6 Å². The average Bonchev–Trinajstić information content (AvgIpc) is 2.67. The van der Waals surface area contributed by atoms with Gasteiger partial charge in [0.25, 0.3) is 0 Å². The maximum absolute atomic E-state index is 12.8. The molecule has 3 rings (SSSR count). The molecule has 1 saturated heterocycles. The van der Waals surface area contributed by atoms with E-state index in [1.165, 1.54) is 6.07 Å². The molecular formula is C19H22ClNO4S. The van der Waals surface area contributed by atoms with Gasteiger partial charge in [0.1, 0.15) is 10.6 Å². The smallest absolute Gasteiger partial charge is 0.242 e. The summed E-state index contributed by atoms with van der Waals surface area (Å²) in [5.74, 6) is 0.756. The lowest BCUT2D eigenvalue weighted by Crippen LogP contribution is -2.44. The van der Waals surface area contributed by atoms with Crippen LogP contribution in [-0.4, -0.2) is 35.3 Å². The third-order valence-corrected chi connectivity index (χ3v) is 6.76. The highest BCUT2D eigenvalue weighted by Crippen LogP contribution is 2.39. The molecule has 2 aromatic carbocycles. The SMILES string of the molecule is COc1ccccc1C1(CNS(=O)(=O)c2ccccc2Cl)CCOCC1. The van der Waals surface area contributed by atoms with Crippen LogP contribution in [0.2, 0.25) is 5.02 Å². The molecule has 0 aliphatic carbocycles. The quantitative estimate of drug-likeness (QED) is 0.814. The molecule has 1 aliphatic rings. The van der Waals surface area contributed by atoms with Gasteiger partial charge in [0.15, 0.2) is 0 Å². The number of rotatable bonds is 6. The van der Waals surface area contributed by atoms with Crippen molar-refractivity contribution < 1.29 is 17.9 Å². The molecular weight excluding hydrogens is 374 g/mol. The highest BCUT2D eigenvalue weighted by molar-refractivity contribution is 7.89. The van der Waals surface area contributed by atoms with Gasteiger partial charge in [-0.2, -0.15) is 0 Å². The molecule has 5 nitrogen and oxygen atoms in total. The second kappa shape index (κ2) is 7.96. The Bertz CT molecular complexity index is 863. The Balaban J connectivity index is 1.92. The zero-order valence-corrected chi connectivity index (χ0v) is 16.1. The Morgan fingerprint density at radius 3 is 2.46 bits per heavy atom. The van der Waals surface area contributed by atoms with Crippen LogP contribution in [0.4, 0.5) is 0 Å². The molecule has 140 valence electrons. The number of sulfonamides is 1. The van der Waals surface area contributed by atoms with Crippen molar-refractivity contribution in [3.8, 4) is 5.75 Å². The van der Waals surface area contributed by atoms with Gasteiger partial charge in [0, 0.05) is 30.7 Å². The topological polar surface area (TPSA) is 64.6 Å². The number of nitrogens with one attached hydrogen (secondary N) is 1. The summed E-state index contributed by atoms with van der Waals surface area (Å²) in [6.45, 7) is 1.40. The summed E-state index contributed by atoms with van der Waals surface area (Å²) in [6, 6.07) is 14.2. The van der Waals surface area contributed by atoms with Crippen molar-refractivity contribution in [2.24, 2.45) is 0 Å². The number of ether oxygens (including phenoxy) is 2. The highest BCUT2D eigenvalue weighted by atomic mass is 35.5. The molecule has 26 heavy (non-hydrogen) atoms. The summed E-state index contributed by atoms with van der Waals surface area (Å²) in [4.78, 5) is 0.0869. The van der Waals surface area contributed by atoms with Gasteiger partial charge in [-0.3, -0.25) is 0 Å². The van der Waals surface area contributed by atoms with Gasteiger partial charge in [-0.25, -0.2) is 13.1 Å². The van der Waals surface area contributed by atoms with E-state index in [4.69, 9.17) is 21.1 Å². The van der Waals surface area contributed by atoms with Gasteiger partial charge >= 0.3 is 0 Å². The molecule has 1 heterocycles. The third-order valence-electron chi connectivity index (χ3n) is 4.85. The first kappa shape index (κ1) is 19.2. The number of para-hydroxylation sites is 1. The van der Waals surface area contributed by atoms with Crippen LogP contribution in [0, 0.1) is 0 Å². The van der Waals surface area contributed by atoms with Crippen LogP contribution in [-0.2, 0) is 20.2 Å². The fraction of sp³-hybridized carbons (Fsp3) is 0.368. The standard InChI is InChI=1S/C19H22ClNO4S/c1-24-17-8-4-2-6-15(17)19(10-12-25-13-11-19)14-21-26(22,23)18-9-5-3-7-16(18)20/h2-9,21H,10-14H2,1H3. The molecule has 0 atom stereocenters. The highest BCUT2D eigenvalue weighted by Gasteiger charge is 2.38. The molecule has 1 fully saturated rings. The monoisotopic (exact) mass is 395 g/mol. The second-order valence-electron chi connectivity index (χ2n) is 6.35. The zero-order valence-electron chi connectivity index (χ0n) is 14.6. The summed E-state index contributed by atoms with van der Waals surface area (Å²) >= 11 is 6.07. The first-order chi connectivity index (χ1) is 12.5.